The molecule has 200 valence electrons. The molecule has 5 aliphatic carbocycles. The van der Waals surface area contributed by atoms with Gasteiger partial charge in [-0.1, -0.05) is 60.1 Å². The first-order chi connectivity index (χ1) is 17.0. The second kappa shape index (κ2) is 7.65. The number of nitrogens with one attached hydrogen (secondary N) is 1. The molecule has 0 saturated heterocycles. The van der Waals surface area contributed by atoms with E-state index in [0.29, 0.717) is 0 Å². The molecule has 3 N–H and O–H groups in total. The molecule has 0 aromatic rings. The lowest BCUT2D eigenvalue weighted by molar-refractivity contribution is -0.178. The molecule has 5 aliphatic rings. The highest BCUT2D eigenvalue weighted by molar-refractivity contribution is 6.04. The zero-order chi connectivity index (χ0) is 27.4. The molecule has 0 heterocycles. The highest BCUT2D eigenvalue weighted by Gasteiger charge is 2.70. The molecule has 0 aromatic heterocycles. The van der Waals surface area contributed by atoms with E-state index in [0.717, 1.165) is 50.5 Å². The van der Waals surface area contributed by atoms with E-state index in [4.69, 9.17) is 5.84 Å². The Morgan fingerprint density at radius 3 is 2.30 bits per heavy atom. The summed E-state index contributed by atoms with van der Waals surface area (Å²) in [4.78, 5) is 40.9. The molecule has 0 bridgehead atoms. The van der Waals surface area contributed by atoms with Crippen molar-refractivity contribution in [3.8, 4) is 6.07 Å². The van der Waals surface area contributed by atoms with E-state index in [1.54, 1.807) is 0 Å². The maximum atomic E-state index is 14.4. The van der Waals surface area contributed by atoms with Crippen molar-refractivity contribution in [2.45, 2.75) is 93.4 Å². The van der Waals surface area contributed by atoms with Crippen LogP contribution in [-0.4, -0.2) is 17.5 Å². The van der Waals surface area contributed by atoms with E-state index in [1.807, 2.05) is 26.0 Å². The number of nitrogens with zero attached hydrogens (tertiary/aromatic N) is 1. The minimum absolute atomic E-state index is 0.0242. The van der Waals surface area contributed by atoms with E-state index in [1.165, 1.54) is 0 Å². The third kappa shape index (κ3) is 3.10. The number of hydrazine groups is 1. The highest BCUT2D eigenvalue weighted by atomic mass is 16.2. The molecular weight excluding hydrogens is 462 g/mol. The Balaban J connectivity index is 1.71. The number of fused-ring (bicyclic) bond motifs is 7. The third-order valence-electron chi connectivity index (χ3n) is 12.4. The van der Waals surface area contributed by atoms with Crippen molar-refractivity contribution in [3.05, 3.63) is 23.3 Å². The quantitative estimate of drug-likeness (QED) is 0.289. The van der Waals surface area contributed by atoms with Crippen LogP contribution in [0, 0.1) is 61.6 Å². The first-order valence-electron chi connectivity index (χ1n) is 14.0. The standard InChI is InChI=1S/C31H43N3O3/c1-26(2)10-12-31(25(37)34-33)13-11-30(7)23(19(31)16-26)20(35)14-22-28(5)15-18(17-32)24(36)27(3,4)21(28)8-9-29(22,30)6/h14-15,19,21,23H,8-13,16,33H2,1-7H3,(H,34,37)/t19?,21-,23?,28-,29+,30+,31-/m0/s1. The number of hydrogen-bond donors (Lipinski definition) is 2. The number of Topliss-reactive ketones (excluding diaryl/α,β-unsaturated/α-hetero) is 1. The predicted octanol–water partition coefficient (Wildman–Crippen LogP) is 5.20. The number of amides is 1. The van der Waals surface area contributed by atoms with Crippen molar-refractivity contribution in [2.75, 3.05) is 0 Å². The number of nitrogens with two attached hydrogens (primary N) is 1. The number of ketones is 2. The highest BCUT2D eigenvalue weighted by Crippen LogP contribution is 2.74. The molecule has 37 heavy (non-hydrogen) atoms. The van der Waals surface area contributed by atoms with Crippen LogP contribution in [0.1, 0.15) is 93.4 Å². The number of carbonyl (C=O) groups is 3. The van der Waals surface area contributed by atoms with Crippen LogP contribution in [-0.2, 0) is 14.4 Å². The summed E-state index contributed by atoms with van der Waals surface area (Å²) in [6.07, 6.45) is 9.53. The van der Waals surface area contributed by atoms with Gasteiger partial charge in [0.2, 0.25) is 5.91 Å². The average Bonchev–Trinajstić information content (AvgIpc) is 2.82. The van der Waals surface area contributed by atoms with Crippen molar-refractivity contribution in [1.82, 2.24) is 5.43 Å². The molecule has 3 fully saturated rings. The van der Waals surface area contributed by atoms with E-state index in [9.17, 15) is 19.6 Å². The molecule has 7 atom stereocenters. The fourth-order valence-corrected chi connectivity index (χ4v) is 10.2. The van der Waals surface area contributed by atoms with E-state index in [-0.39, 0.29) is 57.0 Å². The fraction of sp³-hybridized carbons (Fsp3) is 0.742. The van der Waals surface area contributed by atoms with Crippen molar-refractivity contribution in [2.24, 2.45) is 56.1 Å². The largest absolute Gasteiger partial charge is 0.295 e. The first-order valence-corrected chi connectivity index (χ1v) is 14.0. The Hall–Kier alpha value is -2.26. The molecule has 6 heteroatoms. The van der Waals surface area contributed by atoms with Crippen LogP contribution in [0.2, 0.25) is 0 Å². The van der Waals surface area contributed by atoms with E-state index in [2.05, 4.69) is 46.1 Å². The van der Waals surface area contributed by atoms with Crippen molar-refractivity contribution >= 4 is 17.5 Å². The number of rotatable bonds is 1. The van der Waals surface area contributed by atoms with Gasteiger partial charge in [0.25, 0.3) is 0 Å². The van der Waals surface area contributed by atoms with Crippen LogP contribution in [0.5, 0.6) is 0 Å². The zero-order valence-corrected chi connectivity index (χ0v) is 23.6. The van der Waals surface area contributed by atoms with Crippen LogP contribution in [0.4, 0.5) is 0 Å². The third-order valence-corrected chi connectivity index (χ3v) is 12.4. The number of carbonyl (C=O) groups excluding carboxylic acids is 3. The van der Waals surface area contributed by atoms with Crippen LogP contribution in [0.15, 0.2) is 23.3 Å². The second-order valence-electron chi connectivity index (χ2n) is 14.9. The molecule has 6 nitrogen and oxygen atoms in total. The number of hydrogen-bond acceptors (Lipinski definition) is 5. The summed E-state index contributed by atoms with van der Waals surface area (Å²) in [5, 5.41) is 9.86. The Morgan fingerprint density at radius 1 is 1.03 bits per heavy atom. The molecule has 0 aromatic carbocycles. The lowest BCUT2D eigenvalue weighted by Gasteiger charge is -2.69. The Kier molecular flexibility index (Phi) is 5.45. The minimum atomic E-state index is -0.675. The van der Waals surface area contributed by atoms with Crippen molar-refractivity contribution < 1.29 is 14.4 Å². The summed E-state index contributed by atoms with van der Waals surface area (Å²) in [5.74, 6) is 5.33. The van der Waals surface area contributed by atoms with Crippen LogP contribution in [0.25, 0.3) is 0 Å². The topological polar surface area (TPSA) is 113 Å². The van der Waals surface area contributed by atoms with Gasteiger partial charge in [-0.2, -0.15) is 5.26 Å². The second-order valence-corrected chi connectivity index (χ2v) is 14.9. The SMILES string of the molecule is CC1(C)CC[C@]2(C(=O)NN)CC[C@]3(C)C(C(=O)C=C4[C@@]5(C)C=C(C#N)C(=O)C(C)(C)[C@@H]5CC[C@]43C)C2C1. The Bertz CT molecular complexity index is 1200. The predicted molar refractivity (Wildman–Crippen MR) is 141 cm³/mol. The molecule has 3 saturated carbocycles. The smallest absolute Gasteiger partial charge is 0.240 e. The van der Waals surface area contributed by atoms with Gasteiger partial charge in [0, 0.05) is 16.7 Å². The summed E-state index contributed by atoms with van der Waals surface area (Å²) in [6, 6.07) is 2.17. The van der Waals surface area contributed by atoms with Gasteiger partial charge >= 0.3 is 0 Å². The lowest BCUT2D eigenvalue weighted by Crippen LogP contribution is -2.66. The zero-order valence-electron chi connectivity index (χ0n) is 23.6. The summed E-state index contributed by atoms with van der Waals surface area (Å²) < 4.78 is 0. The van der Waals surface area contributed by atoms with Gasteiger partial charge in [0.05, 0.1) is 11.0 Å². The van der Waals surface area contributed by atoms with Gasteiger partial charge in [-0.3, -0.25) is 19.8 Å². The van der Waals surface area contributed by atoms with Gasteiger partial charge < -0.3 is 0 Å². The first kappa shape index (κ1) is 26.4. The number of allylic oxidation sites excluding steroid dienone is 4. The normalized spacial score (nSPS) is 45.6. The average molecular weight is 506 g/mol. The maximum absolute atomic E-state index is 14.4. The van der Waals surface area contributed by atoms with Crippen LogP contribution < -0.4 is 11.3 Å². The molecule has 0 spiro atoms. The monoisotopic (exact) mass is 505 g/mol. The number of nitriles is 1. The molecule has 2 unspecified atom stereocenters. The minimum Gasteiger partial charge on any atom is -0.295 e. The van der Waals surface area contributed by atoms with Gasteiger partial charge in [0.1, 0.15) is 6.07 Å². The fourth-order valence-electron chi connectivity index (χ4n) is 10.2. The summed E-state index contributed by atoms with van der Waals surface area (Å²) in [7, 11) is 0. The van der Waals surface area contributed by atoms with Crippen LogP contribution >= 0.6 is 0 Å². The summed E-state index contributed by atoms with van der Waals surface area (Å²) in [5.41, 5.74) is 1.38. The van der Waals surface area contributed by atoms with Crippen molar-refractivity contribution in [1.29, 1.82) is 5.26 Å². The van der Waals surface area contributed by atoms with Gasteiger partial charge in [-0.05, 0) is 79.1 Å². The molecule has 1 amide bonds. The Labute approximate surface area is 221 Å². The van der Waals surface area contributed by atoms with E-state index >= 15 is 0 Å². The lowest BCUT2D eigenvalue weighted by atomic mass is 9.34. The van der Waals surface area contributed by atoms with Crippen molar-refractivity contribution in [3.63, 3.8) is 0 Å². The van der Waals surface area contributed by atoms with Gasteiger partial charge in [-0.15, -0.1) is 0 Å². The molecule has 0 aliphatic heterocycles. The van der Waals surface area contributed by atoms with E-state index < -0.39 is 16.2 Å². The molecular formula is C31H43N3O3. The summed E-state index contributed by atoms with van der Waals surface area (Å²) >= 11 is 0. The van der Waals surface area contributed by atoms with Crippen LogP contribution in [0.3, 0.4) is 0 Å². The van der Waals surface area contributed by atoms with Gasteiger partial charge in [0.15, 0.2) is 11.6 Å². The molecule has 0 radical (unpaired) electrons. The maximum Gasteiger partial charge on any atom is 0.240 e. The summed E-state index contributed by atoms with van der Waals surface area (Å²) in [6.45, 7) is 15.2. The molecule has 5 rings (SSSR count). The van der Waals surface area contributed by atoms with Gasteiger partial charge in [-0.25, -0.2) is 5.84 Å². The Morgan fingerprint density at radius 2 is 1.68 bits per heavy atom.